The summed E-state index contributed by atoms with van der Waals surface area (Å²) in [5, 5.41) is 11.0. The van der Waals surface area contributed by atoms with E-state index in [1.165, 1.54) is 12.1 Å². The van der Waals surface area contributed by atoms with Crippen LogP contribution < -0.4 is 4.74 Å². The molecule has 21 heavy (non-hydrogen) atoms. The molecular weight excluding hydrogens is 269 g/mol. The van der Waals surface area contributed by atoms with Crippen LogP contribution in [0.1, 0.15) is 12.6 Å². The van der Waals surface area contributed by atoms with Crippen molar-refractivity contribution in [1.29, 1.82) is 0 Å². The summed E-state index contributed by atoms with van der Waals surface area (Å²) in [5.41, 5.74) is 1.75. The second-order valence-corrected chi connectivity index (χ2v) is 4.84. The summed E-state index contributed by atoms with van der Waals surface area (Å²) < 4.78 is 20.8. The molecule has 3 rings (SSSR count). The Morgan fingerprint density at radius 1 is 1.14 bits per heavy atom. The average Bonchev–Trinajstić information content (AvgIpc) is 2.84. The summed E-state index contributed by atoms with van der Waals surface area (Å²) in [6.45, 7) is 3.06. The van der Waals surface area contributed by atoms with Crippen molar-refractivity contribution in [3.8, 4) is 11.5 Å². The molecule has 0 atom stereocenters. The van der Waals surface area contributed by atoms with Gasteiger partial charge < -0.3 is 14.4 Å². The van der Waals surface area contributed by atoms with Crippen LogP contribution in [0.5, 0.6) is 11.5 Å². The molecule has 0 aliphatic rings. The lowest BCUT2D eigenvalue weighted by molar-refractivity contribution is 0.294. The van der Waals surface area contributed by atoms with E-state index in [1.54, 1.807) is 18.2 Å². The monoisotopic (exact) mass is 285 g/mol. The molecule has 1 aromatic heterocycles. The highest BCUT2D eigenvalue weighted by molar-refractivity contribution is 5.86. The first-order valence-corrected chi connectivity index (χ1v) is 6.87. The van der Waals surface area contributed by atoms with E-state index < -0.39 is 0 Å². The van der Waals surface area contributed by atoms with E-state index in [1.807, 2.05) is 29.7 Å². The van der Waals surface area contributed by atoms with Crippen LogP contribution in [0.15, 0.2) is 48.5 Å². The average molecular weight is 285 g/mol. The van der Waals surface area contributed by atoms with E-state index in [9.17, 15) is 9.50 Å². The molecule has 3 aromatic rings. The first-order chi connectivity index (χ1) is 10.2. The number of rotatable bonds is 4. The molecule has 1 N–H and O–H groups in total. The predicted molar refractivity (Wildman–Crippen MR) is 80.0 cm³/mol. The highest BCUT2D eigenvalue weighted by Gasteiger charge is 2.11. The van der Waals surface area contributed by atoms with Gasteiger partial charge in [0.15, 0.2) is 0 Å². The van der Waals surface area contributed by atoms with Crippen LogP contribution in [0.2, 0.25) is 0 Å². The molecule has 3 nitrogen and oxygen atoms in total. The summed E-state index contributed by atoms with van der Waals surface area (Å²) in [6.07, 6.45) is 0. The number of ether oxygens (including phenoxy) is 1. The van der Waals surface area contributed by atoms with Crippen LogP contribution in [0.4, 0.5) is 4.39 Å². The van der Waals surface area contributed by atoms with E-state index in [-0.39, 0.29) is 11.6 Å². The number of fused-ring (bicyclic) bond motifs is 1. The molecule has 0 unspecified atom stereocenters. The zero-order valence-corrected chi connectivity index (χ0v) is 11.7. The Balaban J connectivity index is 1.92. The standard InChI is InChI=1S/C17H16FNO2/c1-2-19-14(9-12-5-3-8-16(20)17(12)19)11-21-15-7-4-6-13(18)10-15/h3-10,20H,2,11H2,1H3. The Labute approximate surface area is 122 Å². The molecule has 4 heteroatoms. The number of benzene rings is 2. The number of para-hydroxylation sites is 1. The Morgan fingerprint density at radius 2 is 1.95 bits per heavy atom. The molecule has 0 bridgehead atoms. The van der Waals surface area contributed by atoms with Gasteiger partial charge in [-0.1, -0.05) is 18.2 Å². The maximum absolute atomic E-state index is 13.1. The van der Waals surface area contributed by atoms with Gasteiger partial charge in [0.25, 0.3) is 0 Å². The van der Waals surface area contributed by atoms with Gasteiger partial charge in [-0.05, 0) is 31.2 Å². The lowest BCUT2D eigenvalue weighted by Gasteiger charge is -2.10. The van der Waals surface area contributed by atoms with Crippen molar-refractivity contribution in [2.24, 2.45) is 0 Å². The van der Waals surface area contributed by atoms with Gasteiger partial charge in [-0.15, -0.1) is 0 Å². The third-order valence-electron chi connectivity index (χ3n) is 3.48. The number of hydrogen-bond acceptors (Lipinski definition) is 2. The second kappa shape index (κ2) is 5.48. The zero-order valence-electron chi connectivity index (χ0n) is 11.7. The molecule has 0 radical (unpaired) electrons. The Kier molecular flexibility index (Phi) is 3.52. The molecule has 0 aliphatic heterocycles. The van der Waals surface area contributed by atoms with Crippen molar-refractivity contribution in [2.45, 2.75) is 20.1 Å². The predicted octanol–water partition coefficient (Wildman–Crippen LogP) is 4.08. The van der Waals surface area contributed by atoms with Crippen molar-refractivity contribution >= 4 is 10.9 Å². The highest BCUT2D eigenvalue weighted by Crippen LogP contribution is 2.28. The van der Waals surface area contributed by atoms with Crippen molar-refractivity contribution < 1.29 is 14.2 Å². The normalized spacial score (nSPS) is 11.0. The van der Waals surface area contributed by atoms with Crippen LogP contribution in [-0.4, -0.2) is 9.67 Å². The fourth-order valence-electron chi connectivity index (χ4n) is 2.56. The number of halogens is 1. The fourth-order valence-corrected chi connectivity index (χ4v) is 2.56. The van der Waals surface area contributed by atoms with E-state index in [4.69, 9.17) is 4.74 Å². The smallest absolute Gasteiger partial charge is 0.139 e. The number of hydrogen-bond donors (Lipinski definition) is 1. The van der Waals surface area contributed by atoms with Crippen molar-refractivity contribution in [3.05, 3.63) is 60.0 Å². The van der Waals surface area contributed by atoms with Gasteiger partial charge in [-0.2, -0.15) is 0 Å². The SMILES string of the molecule is CCn1c(COc2cccc(F)c2)cc2cccc(O)c21. The number of phenols is 1. The first kappa shape index (κ1) is 13.5. The van der Waals surface area contributed by atoms with E-state index in [0.717, 1.165) is 23.1 Å². The largest absolute Gasteiger partial charge is 0.506 e. The third kappa shape index (κ3) is 2.57. The summed E-state index contributed by atoms with van der Waals surface area (Å²) in [4.78, 5) is 0. The summed E-state index contributed by atoms with van der Waals surface area (Å²) >= 11 is 0. The topological polar surface area (TPSA) is 34.4 Å². The summed E-state index contributed by atoms with van der Waals surface area (Å²) in [6, 6.07) is 13.5. The van der Waals surface area contributed by atoms with E-state index in [2.05, 4.69) is 0 Å². The molecular formula is C17H16FNO2. The summed E-state index contributed by atoms with van der Waals surface area (Å²) in [7, 11) is 0. The first-order valence-electron chi connectivity index (χ1n) is 6.87. The molecule has 0 aliphatic carbocycles. The lowest BCUT2D eigenvalue weighted by atomic mass is 10.2. The Bertz CT molecular complexity index is 780. The van der Waals surface area contributed by atoms with Gasteiger partial charge in [-0.3, -0.25) is 0 Å². The van der Waals surface area contributed by atoms with Gasteiger partial charge >= 0.3 is 0 Å². The van der Waals surface area contributed by atoms with Crippen LogP contribution in [-0.2, 0) is 13.2 Å². The van der Waals surface area contributed by atoms with E-state index in [0.29, 0.717) is 12.4 Å². The molecule has 2 aromatic carbocycles. The molecule has 0 saturated heterocycles. The number of nitrogens with zero attached hydrogens (tertiary/aromatic N) is 1. The van der Waals surface area contributed by atoms with Crippen LogP contribution in [0, 0.1) is 5.82 Å². The van der Waals surface area contributed by atoms with Crippen molar-refractivity contribution in [2.75, 3.05) is 0 Å². The van der Waals surface area contributed by atoms with Gasteiger partial charge in [0.1, 0.15) is 23.9 Å². The van der Waals surface area contributed by atoms with Crippen molar-refractivity contribution in [1.82, 2.24) is 4.57 Å². The number of phenolic OH excluding ortho intramolecular Hbond substituents is 1. The minimum atomic E-state index is -0.318. The number of aryl methyl sites for hydroxylation is 1. The number of aromatic nitrogens is 1. The van der Waals surface area contributed by atoms with Crippen molar-refractivity contribution in [3.63, 3.8) is 0 Å². The fraction of sp³-hybridized carbons (Fsp3) is 0.176. The second-order valence-electron chi connectivity index (χ2n) is 4.84. The Hall–Kier alpha value is -2.49. The quantitative estimate of drug-likeness (QED) is 0.783. The minimum Gasteiger partial charge on any atom is -0.506 e. The molecule has 0 saturated carbocycles. The van der Waals surface area contributed by atoms with Gasteiger partial charge in [0, 0.05) is 18.0 Å². The minimum absolute atomic E-state index is 0.256. The molecule has 108 valence electrons. The maximum atomic E-state index is 13.1. The molecule has 0 amide bonds. The van der Waals surface area contributed by atoms with Gasteiger partial charge in [0.2, 0.25) is 0 Å². The van der Waals surface area contributed by atoms with Crippen LogP contribution in [0.3, 0.4) is 0 Å². The molecule has 0 spiro atoms. The zero-order chi connectivity index (χ0) is 14.8. The van der Waals surface area contributed by atoms with E-state index >= 15 is 0 Å². The van der Waals surface area contributed by atoms with Crippen LogP contribution >= 0.6 is 0 Å². The highest BCUT2D eigenvalue weighted by atomic mass is 19.1. The van der Waals surface area contributed by atoms with Crippen LogP contribution in [0.25, 0.3) is 10.9 Å². The van der Waals surface area contributed by atoms with Gasteiger partial charge in [-0.25, -0.2) is 4.39 Å². The molecule has 1 heterocycles. The molecule has 0 fully saturated rings. The third-order valence-corrected chi connectivity index (χ3v) is 3.48. The summed E-state index contributed by atoms with van der Waals surface area (Å²) in [5.74, 6) is 0.430. The number of aromatic hydroxyl groups is 1. The van der Waals surface area contributed by atoms with Gasteiger partial charge in [0.05, 0.1) is 11.2 Å². The Morgan fingerprint density at radius 3 is 2.71 bits per heavy atom. The lowest BCUT2D eigenvalue weighted by Crippen LogP contribution is -2.04. The maximum Gasteiger partial charge on any atom is 0.139 e.